The highest BCUT2D eigenvalue weighted by atomic mass is 19.3. The molecular weight excluding hydrogens is 373 g/mol. The van der Waals surface area contributed by atoms with Gasteiger partial charge < -0.3 is 4.74 Å². The molecule has 0 radical (unpaired) electrons. The topological polar surface area (TPSA) is 65.2 Å². The summed E-state index contributed by atoms with van der Waals surface area (Å²) in [6.07, 6.45) is 3.38. The van der Waals surface area contributed by atoms with Gasteiger partial charge in [-0.1, -0.05) is 0 Å². The largest absolute Gasteiger partial charge is 0.475 e. The lowest BCUT2D eigenvalue weighted by Crippen LogP contribution is -2.12. The molecule has 1 aliphatic carbocycles. The Hall–Kier alpha value is -2.85. The molecule has 0 aromatic carbocycles. The van der Waals surface area contributed by atoms with Gasteiger partial charge in [0.2, 0.25) is 11.7 Å². The predicted octanol–water partition coefficient (Wildman–Crippen LogP) is 3.47. The number of pyridine rings is 1. The van der Waals surface area contributed by atoms with Crippen LogP contribution in [0.5, 0.6) is 5.88 Å². The van der Waals surface area contributed by atoms with Crippen LogP contribution in [0.15, 0.2) is 24.7 Å². The first kappa shape index (κ1) is 17.6. The van der Waals surface area contributed by atoms with Gasteiger partial charge >= 0.3 is 5.92 Å². The lowest BCUT2D eigenvalue weighted by atomic mass is 10.2. The molecule has 0 spiro atoms. The van der Waals surface area contributed by atoms with Gasteiger partial charge in [0.1, 0.15) is 0 Å². The third kappa shape index (κ3) is 3.28. The smallest absolute Gasteiger partial charge is 0.304 e. The number of hydrogen-bond acceptors (Lipinski definition) is 5. The monoisotopic (exact) mass is 385 g/mol. The summed E-state index contributed by atoms with van der Waals surface area (Å²) in [5, 5.41) is 7.05. The van der Waals surface area contributed by atoms with Crippen LogP contribution < -0.4 is 4.74 Å². The zero-order valence-corrected chi connectivity index (χ0v) is 13.8. The van der Waals surface area contributed by atoms with Crippen LogP contribution in [0.25, 0.3) is 16.9 Å². The van der Waals surface area contributed by atoms with Crippen molar-refractivity contribution in [3.8, 4) is 17.1 Å². The highest BCUT2D eigenvalue weighted by Gasteiger charge is 2.57. The summed E-state index contributed by atoms with van der Waals surface area (Å²) in [5.41, 5.74) is 0.450. The number of halogens is 5. The SMILES string of the molecule is CC(F)(F)c1nnc2cnc(-c3cnc(OC[C@@H]4CC4(F)F)c(F)c3)cn12. The molecule has 0 bridgehead atoms. The van der Waals surface area contributed by atoms with Gasteiger partial charge in [-0.15, -0.1) is 10.2 Å². The number of alkyl halides is 4. The highest BCUT2D eigenvalue weighted by Crippen LogP contribution is 2.48. The molecule has 0 aliphatic heterocycles. The van der Waals surface area contributed by atoms with E-state index in [4.69, 9.17) is 4.74 Å². The van der Waals surface area contributed by atoms with Crippen molar-refractivity contribution < 1.29 is 26.7 Å². The normalized spacial score (nSPS) is 18.7. The van der Waals surface area contributed by atoms with Gasteiger partial charge in [-0.2, -0.15) is 8.78 Å². The number of aromatic nitrogens is 5. The van der Waals surface area contributed by atoms with E-state index in [9.17, 15) is 22.0 Å². The van der Waals surface area contributed by atoms with Crippen molar-refractivity contribution >= 4 is 5.65 Å². The quantitative estimate of drug-likeness (QED) is 0.630. The summed E-state index contributed by atoms with van der Waals surface area (Å²) in [6.45, 7) is 0.344. The maximum absolute atomic E-state index is 14.2. The molecule has 0 amide bonds. The van der Waals surface area contributed by atoms with E-state index in [0.29, 0.717) is 6.92 Å². The lowest BCUT2D eigenvalue weighted by molar-refractivity contribution is 0.00667. The molecule has 3 aromatic heterocycles. The second-order valence-electron chi connectivity index (χ2n) is 6.40. The Bertz CT molecular complexity index is 1020. The number of fused-ring (bicyclic) bond motifs is 1. The van der Waals surface area contributed by atoms with Gasteiger partial charge in [-0.25, -0.2) is 18.2 Å². The molecule has 1 fully saturated rings. The molecule has 6 nitrogen and oxygen atoms in total. The van der Waals surface area contributed by atoms with Crippen LogP contribution in [0.3, 0.4) is 0 Å². The van der Waals surface area contributed by atoms with Crippen molar-refractivity contribution in [1.82, 2.24) is 24.6 Å². The number of rotatable bonds is 5. The average molecular weight is 385 g/mol. The minimum absolute atomic E-state index is 0.106. The second-order valence-corrected chi connectivity index (χ2v) is 6.40. The molecule has 4 rings (SSSR count). The minimum Gasteiger partial charge on any atom is -0.475 e. The van der Waals surface area contributed by atoms with Gasteiger partial charge in [0.05, 0.1) is 24.4 Å². The van der Waals surface area contributed by atoms with E-state index in [1.165, 1.54) is 18.6 Å². The van der Waals surface area contributed by atoms with Gasteiger partial charge in [-0.3, -0.25) is 9.38 Å². The van der Waals surface area contributed by atoms with Crippen LogP contribution in [0, 0.1) is 11.7 Å². The number of ether oxygens (including phenoxy) is 1. The van der Waals surface area contributed by atoms with Crippen molar-refractivity contribution in [1.29, 1.82) is 0 Å². The molecule has 0 unspecified atom stereocenters. The Labute approximate surface area is 149 Å². The van der Waals surface area contributed by atoms with Crippen LogP contribution in [0.1, 0.15) is 19.2 Å². The van der Waals surface area contributed by atoms with Crippen molar-refractivity contribution in [3.63, 3.8) is 0 Å². The zero-order valence-electron chi connectivity index (χ0n) is 13.8. The van der Waals surface area contributed by atoms with Crippen LogP contribution in [0.4, 0.5) is 22.0 Å². The second kappa shape index (κ2) is 5.83. The molecule has 0 N–H and O–H groups in total. The van der Waals surface area contributed by atoms with E-state index < -0.39 is 35.3 Å². The van der Waals surface area contributed by atoms with Crippen molar-refractivity contribution in [2.75, 3.05) is 6.61 Å². The first-order valence-corrected chi connectivity index (χ1v) is 7.91. The molecule has 0 saturated heterocycles. The van der Waals surface area contributed by atoms with Gasteiger partial charge in [-0.05, 0) is 6.07 Å². The summed E-state index contributed by atoms with van der Waals surface area (Å²) in [5.74, 6) is -8.81. The Balaban J connectivity index is 1.60. The summed E-state index contributed by atoms with van der Waals surface area (Å²) >= 11 is 0. The highest BCUT2D eigenvalue weighted by molar-refractivity contribution is 5.59. The molecule has 3 heterocycles. The van der Waals surface area contributed by atoms with Gasteiger partial charge in [0.25, 0.3) is 5.92 Å². The van der Waals surface area contributed by atoms with Crippen molar-refractivity contribution in [3.05, 3.63) is 36.3 Å². The third-order valence-corrected chi connectivity index (χ3v) is 4.17. The van der Waals surface area contributed by atoms with Crippen LogP contribution in [0.2, 0.25) is 0 Å². The van der Waals surface area contributed by atoms with Gasteiger partial charge in [0, 0.05) is 31.3 Å². The maximum atomic E-state index is 14.2. The molecule has 1 saturated carbocycles. The fraction of sp³-hybridized carbons (Fsp3) is 0.375. The van der Waals surface area contributed by atoms with Crippen molar-refractivity contribution in [2.45, 2.75) is 25.2 Å². The fourth-order valence-corrected chi connectivity index (χ4v) is 2.55. The summed E-state index contributed by atoms with van der Waals surface area (Å²) in [7, 11) is 0. The van der Waals surface area contributed by atoms with Crippen LogP contribution in [-0.4, -0.2) is 37.1 Å². The molecular formula is C16H12F5N5O. The molecule has 1 aliphatic rings. The fourth-order valence-electron chi connectivity index (χ4n) is 2.55. The molecule has 11 heteroatoms. The Morgan fingerprint density at radius 3 is 2.63 bits per heavy atom. The standard InChI is InChI=1S/C16H12F5N5O/c1-15(18,19)14-25-24-12-5-22-11(6-26(12)14)8-2-10(17)13(23-4-8)27-7-9-3-16(9,20)21/h2,4-6,9H,3,7H2,1H3/t9-/m0/s1. The van der Waals surface area contributed by atoms with Crippen LogP contribution >= 0.6 is 0 Å². The average Bonchev–Trinajstić information content (AvgIpc) is 3.01. The predicted molar refractivity (Wildman–Crippen MR) is 82.1 cm³/mol. The summed E-state index contributed by atoms with van der Waals surface area (Å²) < 4.78 is 73.1. The first-order valence-electron chi connectivity index (χ1n) is 7.91. The molecule has 27 heavy (non-hydrogen) atoms. The van der Waals surface area contributed by atoms with Crippen molar-refractivity contribution in [2.24, 2.45) is 5.92 Å². The van der Waals surface area contributed by atoms with E-state index in [1.807, 2.05) is 0 Å². The Morgan fingerprint density at radius 2 is 2.00 bits per heavy atom. The minimum atomic E-state index is -3.23. The van der Waals surface area contributed by atoms with E-state index in [1.54, 1.807) is 0 Å². The number of hydrogen-bond donors (Lipinski definition) is 0. The Morgan fingerprint density at radius 1 is 1.26 bits per heavy atom. The third-order valence-electron chi connectivity index (χ3n) is 4.17. The zero-order chi connectivity index (χ0) is 19.4. The first-order chi connectivity index (χ1) is 12.6. The number of nitrogens with zero attached hydrogens (tertiary/aromatic N) is 5. The molecule has 3 aromatic rings. The lowest BCUT2D eigenvalue weighted by Gasteiger charge is -2.09. The Kier molecular flexibility index (Phi) is 3.79. The maximum Gasteiger partial charge on any atom is 0.304 e. The van der Waals surface area contributed by atoms with Crippen LogP contribution in [-0.2, 0) is 5.92 Å². The summed E-state index contributed by atoms with van der Waals surface area (Å²) in [4.78, 5) is 7.80. The molecule has 1 atom stereocenters. The van der Waals surface area contributed by atoms with Gasteiger partial charge in [0.15, 0.2) is 11.5 Å². The van der Waals surface area contributed by atoms with E-state index in [-0.39, 0.29) is 29.9 Å². The van der Waals surface area contributed by atoms with E-state index in [0.717, 1.165) is 10.5 Å². The van der Waals surface area contributed by atoms with E-state index >= 15 is 0 Å². The van der Waals surface area contributed by atoms with E-state index in [2.05, 4.69) is 20.2 Å². The summed E-state index contributed by atoms with van der Waals surface area (Å²) in [6, 6.07) is 1.04. The molecule has 142 valence electrons.